The zero-order valence-electron chi connectivity index (χ0n) is 12.7. The van der Waals surface area contributed by atoms with Crippen LogP contribution >= 0.6 is 0 Å². The fourth-order valence-corrected chi connectivity index (χ4v) is 1.80. The number of aliphatic imine (C=N–C) groups is 1. The highest BCUT2D eigenvalue weighted by Crippen LogP contribution is 2.13. The second-order valence-electron chi connectivity index (χ2n) is 4.64. The summed E-state index contributed by atoms with van der Waals surface area (Å²) in [6.07, 6.45) is 0. The lowest BCUT2D eigenvalue weighted by Gasteiger charge is -2.11. The van der Waals surface area contributed by atoms with Crippen molar-refractivity contribution in [2.75, 3.05) is 12.0 Å². The minimum Gasteiger partial charge on any atom is -0.460 e. The van der Waals surface area contributed by atoms with Crippen molar-refractivity contribution in [3.63, 3.8) is 0 Å². The summed E-state index contributed by atoms with van der Waals surface area (Å²) in [5.41, 5.74) is 8.33. The Bertz CT molecular complexity index is 654. The SMILES string of the molecule is CCOC(=O)C(=Nc1cccc(C)c1)NNc1ccccc1. The van der Waals surface area contributed by atoms with Gasteiger partial charge in [0.2, 0.25) is 5.84 Å². The standard InChI is InChI=1S/C17H19N3O2/c1-3-22-17(21)16(18-15-11-7-8-13(2)12-15)20-19-14-9-5-4-6-10-14/h4-12,19H,3H2,1-2H3,(H,18,20). The van der Waals surface area contributed by atoms with Gasteiger partial charge in [0.25, 0.3) is 0 Å². The van der Waals surface area contributed by atoms with Gasteiger partial charge in [-0.1, -0.05) is 30.3 Å². The van der Waals surface area contributed by atoms with Crippen LogP contribution in [0.15, 0.2) is 59.6 Å². The average Bonchev–Trinajstić information content (AvgIpc) is 2.52. The van der Waals surface area contributed by atoms with Gasteiger partial charge in [0.15, 0.2) is 0 Å². The molecular formula is C17H19N3O2. The lowest BCUT2D eigenvalue weighted by Crippen LogP contribution is -2.36. The highest BCUT2D eigenvalue weighted by Gasteiger charge is 2.12. The predicted molar refractivity (Wildman–Crippen MR) is 88.1 cm³/mol. The molecule has 0 bridgehead atoms. The first-order chi connectivity index (χ1) is 10.7. The zero-order valence-corrected chi connectivity index (χ0v) is 12.7. The van der Waals surface area contributed by atoms with Crippen LogP contribution in [0.2, 0.25) is 0 Å². The monoisotopic (exact) mass is 297 g/mol. The number of hydrogen-bond donors (Lipinski definition) is 2. The van der Waals surface area contributed by atoms with Gasteiger partial charge in [0, 0.05) is 0 Å². The van der Waals surface area contributed by atoms with E-state index in [4.69, 9.17) is 4.74 Å². The number of carbonyl (C=O) groups is 1. The molecule has 114 valence electrons. The van der Waals surface area contributed by atoms with E-state index >= 15 is 0 Å². The molecule has 0 aliphatic heterocycles. The Labute approximate surface area is 130 Å². The van der Waals surface area contributed by atoms with Gasteiger partial charge in [0.1, 0.15) is 0 Å². The summed E-state index contributed by atoms with van der Waals surface area (Å²) in [5.74, 6) is -0.399. The Morgan fingerprint density at radius 1 is 1.14 bits per heavy atom. The normalized spacial score (nSPS) is 10.9. The molecule has 2 N–H and O–H groups in total. The van der Waals surface area contributed by atoms with Crippen LogP contribution < -0.4 is 10.9 Å². The molecular weight excluding hydrogens is 278 g/mol. The molecule has 2 aromatic rings. The van der Waals surface area contributed by atoms with E-state index in [1.54, 1.807) is 6.92 Å². The molecule has 0 aliphatic carbocycles. The van der Waals surface area contributed by atoms with Crippen LogP contribution in [0.3, 0.4) is 0 Å². The van der Waals surface area contributed by atoms with E-state index in [9.17, 15) is 4.79 Å². The maximum atomic E-state index is 12.0. The van der Waals surface area contributed by atoms with Crippen LogP contribution in [0.1, 0.15) is 12.5 Å². The number of anilines is 1. The van der Waals surface area contributed by atoms with E-state index in [2.05, 4.69) is 15.8 Å². The van der Waals surface area contributed by atoms with E-state index in [0.717, 1.165) is 11.3 Å². The number of nitrogens with zero attached hydrogens (tertiary/aromatic N) is 1. The molecule has 5 heteroatoms. The van der Waals surface area contributed by atoms with E-state index < -0.39 is 5.97 Å². The van der Waals surface area contributed by atoms with Crippen LogP contribution in [0.25, 0.3) is 0 Å². The molecule has 2 rings (SSSR count). The molecule has 5 nitrogen and oxygen atoms in total. The summed E-state index contributed by atoms with van der Waals surface area (Å²) in [6.45, 7) is 4.02. The Morgan fingerprint density at radius 3 is 2.59 bits per heavy atom. The Kier molecular flexibility index (Phi) is 5.54. The Morgan fingerprint density at radius 2 is 1.91 bits per heavy atom. The quantitative estimate of drug-likeness (QED) is 0.394. The molecule has 22 heavy (non-hydrogen) atoms. The number of nitrogens with one attached hydrogen (secondary N) is 2. The molecule has 0 fully saturated rings. The number of para-hydroxylation sites is 1. The molecule has 0 aliphatic rings. The molecule has 0 unspecified atom stereocenters. The van der Waals surface area contributed by atoms with Gasteiger partial charge in [-0.2, -0.15) is 0 Å². The summed E-state index contributed by atoms with van der Waals surface area (Å²) in [4.78, 5) is 16.3. The molecule has 0 heterocycles. The second kappa shape index (κ2) is 7.83. The predicted octanol–water partition coefficient (Wildman–Crippen LogP) is 3.20. The summed E-state index contributed by atoms with van der Waals surface area (Å²) >= 11 is 0. The molecule has 0 spiro atoms. The third kappa shape index (κ3) is 4.63. The lowest BCUT2D eigenvalue weighted by atomic mass is 10.2. The van der Waals surface area contributed by atoms with Gasteiger partial charge < -0.3 is 4.74 Å². The molecule has 0 atom stereocenters. The van der Waals surface area contributed by atoms with Gasteiger partial charge >= 0.3 is 5.97 Å². The summed E-state index contributed by atoms with van der Waals surface area (Å²) < 4.78 is 5.02. The van der Waals surface area contributed by atoms with Gasteiger partial charge in [-0.25, -0.2) is 9.79 Å². The Balaban J connectivity index is 2.17. The maximum absolute atomic E-state index is 12.0. The molecule has 0 radical (unpaired) electrons. The summed E-state index contributed by atoms with van der Waals surface area (Å²) in [6, 6.07) is 17.0. The van der Waals surface area contributed by atoms with E-state index in [1.807, 2.05) is 61.5 Å². The van der Waals surface area contributed by atoms with Crippen LogP contribution in [0.4, 0.5) is 11.4 Å². The van der Waals surface area contributed by atoms with Gasteiger partial charge in [0.05, 0.1) is 18.0 Å². The van der Waals surface area contributed by atoms with Crippen molar-refractivity contribution >= 4 is 23.2 Å². The van der Waals surface area contributed by atoms with Gasteiger partial charge in [-0.3, -0.25) is 10.9 Å². The molecule has 2 aromatic carbocycles. The van der Waals surface area contributed by atoms with Crippen LogP contribution in [0, 0.1) is 6.92 Å². The van der Waals surface area contributed by atoms with Gasteiger partial charge in [-0.15, -0.1) is 0 Å². The number of ether oxygens (including phenoxy) is 1. The maximum Gasteiger partial charge on any atom is 0.375 e. The van der Waals surface area contributed by atoms with Crippen LogP contribution in [-0.4, -0.2) is 18.4 Å². The first-order valence-electron chi connectivity index (χ1n) is 7.08. The van der Waals surface area contributed by atoms with E-state index in [-0.39, 0.29) is 5.84 Å². The smallest absolute Gasteiger partial charge is 0.375 e. The highest BCUT2D eigenvalue weighted by atomic mass is 16.5. The fraction of sp³-hybridized carbons (Fsp3) is 0.176. The lowest BCUT2D eigenvalue weighted by molar-refractivity contribution is -0.135. The van der Waals surface area contributed by atoms with Crippen molar-refractivity contribution in [3.05, 3.63) is 60.2 Å². The molecule has 0 saturated carbocycles. The van der Waals surface area contributed by atoms with Crippen molar-refractivity contribution in [3.8, 4) is 0 Å². The number of aryl methyl sites for hydroxylation is 1. The largest absolute Gasteiger partial charge is 0.460 e. The minimum atomic E-state index is -0.507. The number of hydrazine groups is 1. The number of esters is 1. The Hall–Kier alpha value is -2.82. The molecule has 0 aromatic heterocycles. The number of hydrogen-bond acceptors (Lipinski definition) is 4. The number of rotatable bonds is 4. The summed E-state index contributed by atoms with van der Waals surface area (Å²) in [5, 5.41) is 0. The topological polar surface area (TPSA) is 62.7 Å². The van der Waals surface area contributed by atoms with E-state index in [0.29, 0.717) is 12.3 Å². The number of carbonyl (C=O) groups excluding carboxylic acids is 1. The minimum absolute atomic E-state index is 0.108. The molecule has 0 amide bonds. The van der Waals surface area contributed by atoms with Gasteiger partial charge in [-0.05, 0) is 43.7 Å². The summed E-state index contributed by atoms with van der Waals surface area (Å²) in [7, 11) is 0. The van der Waals surface area contributed by atoms with Crippen molar-refractivity contribution in [1.82, 2.24) is 5.43 Å². The second-order valence-corrected chi connectivity index (χ2v) is 4.64. The first-order valence-corrected chi connectivity index (χ1v) is 7.08. The van der Waals surface area contributed by atoms with Crippen molar-refractivity contribution in [1.29, 1.82) is 0 Å². The third-order valence-electron chi connectivity index (χ3n) is 2.81. The van der Waals surface area contributed by atoms with Crippen molar-refractivity contribution < 1.29 is 9.53 Å². The van der Waals surface area contributed by atoms with Crippen molar-refractivity contribution in [2.24, 2.45) is 4.99 Å². The zero-order chi connectivity index (χ0) is 15.8. The van der Waals surface area contributed by atoms with Crippen LogP contribution in [0.5, 0.6) is 0 Å². The van der Waals surface area contributed by atoms with E-state index in [1.165, 1.54) is 0 Å². The number of benzene rings is 2. The molecule has 0 saturated heterocycles. The third-order valence-corrected chi connectivity index (χ3v) is 2.81. The van der Waals surface area contributed by atoms with Crippen LogP contribution in [-0.2, 0) is 9.53 Å². The number of amidine groups is 1. The van der Waals surface area contributed by atoms with Crippen molar-refractivity contribution in [2.45, 2.75) is 13.8 Å². The average molecular weight is 297 g/mol. The fourth-order valence-electron chi connectivity index (χ4n) is 1.80. The first kappa shape index (κ1) is 15.6. The highest BCUT2D eigenvalue weighted by molar-refractivity contribution is 6.36.